The fourth-order valence-corrected chi connectivity index (χ4v) is 4.66. The summed E-state index contributed by atoms with van der Waals surface area (Å²) in [7, 11) is -0.610. The molecule has 14 heavy (non-hydrogen) atoms. The highest BCUT2D eigenvalue weighted by Gasteiger charge is 2.26. The summed E-state index contributed by atoms with van der Waals surface area (Å²) in [6.07, 6.45) is 0. The molecule has 1 nitrogen and oxygen atoms in total. The highest BCUT2D eigenvalue weighted by molar-refractivity contribution is 6.52. The van der Waals surface area contributed by atoms with E-state index in [1.807, 2.05) is 0 Å². The summed E-state index contributed by atoms with van der Waals surface area (Å²) in [6.45, 7) is 16.8. The highest BCUT2D eigenvalue weighted by atomic mass is 28.3. The lowest BCUT2D eigenvalue weighted by atomic mass is 10.00. The van der Waals surface area contributed by atoms with E-state index in [0.29, 0.717) is 10.8 Å². The molecule has 0 aliphatic carbocycles. The van der Waals surface area contributed by atoms with Crippen LogP contribution in [0.3, 0.4) is 0 Å². The molecule has 0 amide bonds. The molecular weight excluding hydrogens is 188 g/mol. The number of hydrogen-bond acceptors (Lipinski definition) is 1. The summed E-state index contributed by atoms with van der Waals surface area (Å²) in [6, 6.07) is 2.51. The molecular formula is C12H27OSi. The molecule has 0 rings (SSSR count). The van der Waals surface area contributed by atoms with Crippen LogP contribution < -0.4 is 0 Å². The molecule has 0 aliphatic heterocycles. The van der Waals surface area contributed by atoms with Crippen LogP contribution in [0.25, 0.3) is 0 Å². The molecule has 0 fully saturated rings. The lowest BCUT2D eigenvalue weighted by molar-refractivity contribution is 0.306. The van der Waals surface area contributed by atoms with Gasteiger partial charge in [0.1, 0.15) is 0 Å². The van der Waals surface area contributed by atoms with E-state index in [9.17, 15) is 0 Å². The van der Waals surface area contributed by atoms with Crippen LogP contribution in [0.2, 0.25) is 12.1 Å². The minimum atomic E-state index is -0.610. The largest absolute Gasteiger partial charge is 0.417 e. The molecule has 85 valence electrons. The maximum atomic E-state index is 5.90. The van der Waals surface area contributed by atoms with E-state index in [0.717, 1.165) is 6.61 Å². The Bertz CT molecular complexity index is 137. The van der Waals surface area contributed by atoms with Crippen molar-refractivity contribution >= 4 is 9.04 Å². The standard InChI is InChI=1S/C12H27OSi/c1-8-13-14(9-11(2,3)4)10-12(5,6)7/h8-10H2,1-7H3. The molecule has 0 aromatic heterocycles. The Balaban J connectivity index is 4.16. The van der Waals surface area contributed by atoms with Crippen LogP contribution in [-0.4, -0.2) is 15.6 Å². The molecule has 0 N–H and O–H groups in total. The molecule has 0 bridgehead atoms. The first-order chi connectivity index (χ1) is 6.14. The molecule has 1 radical (unpaired) electrons. The summed E-state index contributed by atoms with van der Waals surface area (Å²) in [5.74, 6) is 0. The van der Waals surface area contributed by atoms with Crippen molar-refractivity contribution < 1.29 is 4.43 Å². The van der Waals surface area contributed by atoms with Gasteiger partial charge in [-0.2, -0.15) is 0 Å². The van der Waals surface area contributed by atoms with Crippen molar-refractivity contribution in [3.63, 3.8) is 0 Å². The van der Waals surface area contributed by atoms with Crippen molar-refractivity contribution in [2.45, 2.75) is 60.6 Å². The molecule has 0 spiro atoms. The van der Waals surface area contributed by atoms with Crippen LogP contribution in [0.15, 0.2) is 0 Å². The maximum absolute atomic E-state index is 5.90. The highest BCUT2D eigenvalue weighted by Crippen LogP contribution is 2.29. The average Bonchev–Trinajstić information content (AvgIpc) is 1.78. The third kappa shape index (κ3) is 8.76. The first kappa shape index (κ1) is 14.2. The van der Waals surface area contributed by atoms with Gasteiger partial charge in [0, 0.05) is 6.61 Å². The molecule has 0 heterocycles. The molecule has 2 heteroatoms. The zero-order valence-corrected chi connectivity index (χ0v) is 12.0. The van der Waals surface area contributed by atoms with Crippen LogP contribution in [0.4, 0.5) is 0 Å². The summed E-state index contributed by atoms with van der Waals surface area (Å²) < 4.78 is 5.90. The average molecular weight is 215 g/mol. The second kappa shape index (κ2) is 5.31. The van der Waals surface area contributed by atoms with Gasteiger partial charge in [0.15, 0.2) is 0 Å². The molecule has 0 saturated heterocycles. The second-order valence-corrected chi connectivity index (χ2v) is 8.52. The Morgan fingerprint density at radius 1 is 0.857 bits per heavy atom. The smallest absolute Gasteiger partial charge is 0.212 e. The Hall–Kier alpha value is 0.177. The van der Waals surface area contributed by atoms with Gasteiger partial charge in [0.2, 0.25) is 9.04 Å². The third-order valence-corrected chi connectivity index (χ3v) is 5.41. The van der Waals surface area contributed by atoms with Crippen molar-refractivity contribution in [1.82, 2.24) is 0 Å². The lowest BCUT2D eigenvalue weighted by Gasteiger charge is -2.28. The van der Waals surface area contributed by atoms with Crippen LogP contribution in [0, 0.1) is 10.8 Å². The molecule has 0 saturated carbocycles. The molecule has 0 aromatic carbocycles. The van der Waals surface area contributed by atoms with Gasteiger partial charge in [-0.05, 0) is 29.8 Å². The predicted octanol–water partition coefficient (Wildman–Crippen LogP) is 4.11. The van der Waals surface area contributed by atoms with Crippen molar-refractivity contribution in [3.8, 4) is 0 Å². The summed E-state index contributed by atoms with van der Waals surface area (Å²) in [5, 5.41) is 0. The SMILES string of the molecule is CCO[Si](CC(C)(C)C)CC(C)(C)C. The van der Waals surface area contributed by atoms with Crippen LogP contribution >= 0.6 is 0 Å². The van der Waals surface area contributed by atoms with Gasteiger partial charge in [-0.1, -0.05) is 41.5 Å². The van der Waals surface area contributed by atoms with Gasteiger partial charge in [0.05, 0.1) is 0 Å². The van der Waals surface area contributed by atoms with Gasteiger partial charge in [0.25, 0.3) is 0 Å². The van der Waals surface area contributed by atoms with E-state index in [-0.39, 0.29) is 0 Å². The Morgan fingerprint density at radius 3 is 1.43 bits per heavy atom. The summed E-state index contributed by atoms with van der Waals surface area (Å²) in [4.78, 5) is 0. The summed E-state index contributed by atoms with van der Waals surface area (Å²) in [5.41, 5.74) is 0.823. The first-order valence-electron chi connectivity index (χ1n) is 5.61. The van der Waals surface area contributed by atoms with Crippen molar-refractivity contribution in [1.29, 1.82) is 0 Å². The zero-order chi connectivity index (χ0) is 11.4. The lowest BCUT2D eigenvalue weighted by Crippen LogP contribution is -2.29. The van der Waals surface area contributed by atoms with E-state index in [2.05, 4.69) is 48.5 Å². The summed E-state index contributed by atoms with van der Waals surface area (Å²) >= 11 is 0. The van der Waals surface area contributed by atoms with Gasteiger partial charge in [-0.3, -0.25) is 0 Å². The van der Waals surface area contributed by atoms with E-state index in [1.54, 1.807) is 0 Å². The van der Waals surface area contributed by atoms with E-state index in [1.165, 1.54) is 12.1 Å². The van der Waals surface area contributed by atoms with Crippen molar-refractivity contribution in [2.24, 2.45) is 10.8 Å². The predicted molar refractivity (Wildman–Crippen MR) is 65.9 cm³/mol. The van der Waals surface area contributed by atoms with E-state index < -0.39 is 9.04 Å². The van der Waals surface area contributed by atoms with Crippen LogP contribution in [0.1, 0.15) is 48.5 Å². The fourth-order valence-electron chi connectivity index (χ4n) is 1.55. The van der Waals surface area contributed by atoms with E-state index >= 15 is 0 Å². The first-order valence-corrected chi connectivity index (χ1v) is 7.44. The number of hydrogen-bond donors (Lipinski definition) is 0. The minimum Gasteiger partial charge on any atom is -0.417 e. The molecule has 0 aromatic rings. The Morgan fingerprint density at radius 2 is 1.21 bits per heavy atom. The monoisotopic (exact) mass is 215 g/mol. The molecule has 0 unspecified atom stereocenters. The van der Waals surface area contributed by atoms with Crippen LogP contribution in [-0.2, 0) is 4.43 Å². The van der Waals surface area contributed by atoms with Crippen molar-refractivity contribution in [3.05, 3.63) is 0 Å². The van der Waals surface area contributed by atoms with Gasteiger partial charge in [-0.15, -0.1) is 0 Å². The molecule has 0 atom stereocenters. The van der Waals surface area contributed by atoms with Gasteiger partial charge >= 0.3 is 0 Å². The van der Waals surface area contributed by atoms with Crippen LogP contribution in [0.5, 0.6) is 0 Å². The minimum absolute atomic E-state index is 0.411. The Labute approximate surface area is 92.0 Å². The topological polar surface area (TPSA) is 9.23 Å². The normalized spacial score (nSPS) is 13.7. The molecule has 0 aliphatic rings. The second-order valence-electron chi connectivity index (χ2n) is 6.45. The van der Waals surface area contributed by atoms with Gasteiger partial charge < -0.3 is 4.43 Å². The maximum Gasteiger partial charge on any atom is 0.212 e. The fraction of sp³-hybridized carbons (Fsp3) is 1.00. The van der Waals surface area contributed by atoms with E-state index in [4.69, 9.17) is 4.43 Å². The Kier molecular flexibility index (Phi) is 5.38. The quantitative estimate of drug-likeness (QED) is 0.641. The zero-order valence-electron chi connectivity index (χ0n) is 11.0. The van der Waals surface area contributed by atoms with Gasteiger partial charge in [-0.25, -0.2) is 0 Å². The third-order valence-electron chi connectivity index (χ3n) is 1.80. The number of rotatable bonds is 4. The van der Waals surface area contributed by atoms with Crippen molar-refractivity contribution in [2.75, 3.05) is 6.61 Å².